The molecular weight excluding hydrogens is 270 g/mol. The van der Waals surface area contributed by atoms with Crippen molar-refractivity contribution >= 4 is 5.95 Å². The number of hydrogen-bond donors (Lipinski definition) is 0. The van der Waals surface area contributed by atoms with Crippen LogP contribution in [0.1, 0.15) is 0 Å². The molecular formula is C11H20ClN5O2. The maximum Gasteiger partial charge on any atom is 0.338 e. The third-order valence-corrected chi connectivity index (χ3v) is 3.38. The molecule has 1 aromatic rings. The van der Waals surface area contributed by atoms with Gasteiger partial charge in [-0.2, -0.15) is 0 Å². The zero-order valence-corrected chi connectivity index (χ0v) is 12.5. The Balaban J connectivity index is 0.00000180. The van der Waals surface area contributed by atoms with Crippen LogP contribution in [0.4, 0.5) is 5.95 Å². The second kappa shape index (κ2) is 6.31. The SMILES string of the molecule is COc1nc(OC)nc([N+]2(C)CCN(C)CC2)n1.[Cl-]. The van der Waals surface area contributed by atoms with E-state index in [-0.39, 0.29) is 12.4 Å². The number of nitrogens with zero attached hydrogens (tertiary/aromatic N) is 5. The number of ether oxygens (including phenoxy) is 2. The molecule has 1 fully saturated rings. The van der Waals surface area contributed by atoms with Gasteiger partial charge in [0.05, 0.1) is 34.4 Å². The van der Waals surface area contributed by atoms with Gasteiger partial charge in [-0.15, -0.1) is 15.0 Å². The minimum Gasteiger partial charge on any atom is -1.00 e. The molecule has 0 saturated carbocycles. The van der Waals surface area contributed by atoms with Gasteiger partial charge in [0.25, 0.3) is 0 Å². The van der Waals surface area contributed by atoms with Crippen LogP contribution in [0.25, 0.3) is 0 Å². The van der Waals surface area contributed by atoms with E-state index < -0.39 is 0 Å². The number of hydrogen-bond acceptors (Lipinski definition) is 6. The predicted octanol–water partition coefficient (Wildman–Crippen LogP) is -3.22. The number of methoxy groups -OCH3 is 2. The van der Waals surface area contributed by atoms with Crippen LogP contribution in [-0.2, 0) is 0 Å². The van der Waals surface area contributed by atoms with Gasteiger partial charge < -0.3 is 21.9 Å². The zero-order chi connectivity index (χ0) is 13.2. The maximum atomic E-state index is 5.09. The average Bonchev–Trinajstić information content (AvgIpc) is 2.41. The highest BCUT2D eigenvalue weighted by Crippen LogP contribution is 2.22. The highest BCUT2D eigenvalue weighted by molar-refractivity contribution is 5.28. The summed E-state index contributed by atoms with van der Waals surface area (Å²) in [6.07, 6.45) is 0. The summed E-state index contributed by atoms with van der Waals surface area (Å²) in [4.78, 5) is 15.0. The smallest absolute Gasteiger partial charge is 0.338 e. The van der Waals surface area contributed by atoms with Crippen molar-refractivity contribution in [3.05, 3.63) is 0 Å². The molecule has 19 heavy (non-hydrogen) atoms. The molecule has 1 aliphatic rings. The molecule has 1 aliphatic heterocycles. The second-order valence-electron chi connectivity index (χ2n) is 4.76. The van der Waals surface area contributed by atoms with Crippen molar-refractivity contribution in [3.63, 3.8) is 0 Å². The van der Waals surface area contributed by atoms with E-state index in [1.807, 2.05) is 0 Å². The van der Waals surface area contributed by atoms with Gasteiger partial charge in [-0.3, -0.25) is 9.38 Å². The summed E-state index contributed by atoms with van der Waals surface area (Å²) in [6.45, 7) is 3.97. The Morgan fingerprint density at radius 3 is 1.89 bits per heavy atom. The Bertz CT molecular complexity index is 401. The summed E-state index contributed by atoms with van der Waals surface area (Å²) in [5.74, 6) is 0.701. The summed E-state index contributed by atoms with van der Waals surface area (Å²) < 4.78 is 10.9. The van der Waals surface area contributed by atoms with Crippen LogP contribution < -0.4 is 26.4 Å². The van der Waals surface area contributed by atoms with Gasteiger partial charge in [-0.1, -0.05) is 0 Å². The summed E-state index contributed by atoms with van der Waals surface area (Å²) >= 11 is 0. The van der Waals surface area contributed by atoms with Gasteiger partial charge >= 0.3 is 18.0 Å². The van der Waals surface area contributed by atoms with E-state index in [9.17, 15) is 0 Å². The number of aromatic nitrogens is 3. The number of likely N-dealkylation sites (N-methyl/N-ethyl adjacent to an activating group) is 2. The van der Waals surface area contributed by atoms with Gasteiger partial charge in [0.2, 0.25) is 0 Å². The zero-order valence-electron chi connectivity index (χ0n) is 11.8. The van der Waals surface area contributed by atoms with E-state index >= 15 is 0 Å². The lowest BCUT2D eigenvalue weighted by molar-refractivity contribution is -0.00000518. The molecule has 0 atom stereocenters. The van der Waals surface area contributed by atoms with Crippen LogP contribution in [0.15, 0.2) is 0 Å². The predicted molar refractivity (Wildman–Crippen MR) is 67.9 cm³/mol. The van der Waals surface area contributed by atoms with Crippen molar-refractivity contribution < 1.29 is 21.9 Å². The van der Waals surface area contributed by atoms with Crippen molar-refractivity contribution in [2.45, 2.75) is 0 Å². The lowest BCUT2D eigenvalue weighted by Gasteiger charge is -2.38. The average molecular weight is 290 g/mol. The highest BCUT2D eigenvalue weighted by Gasteiger charge is 2.34. The summed E-state index contributed by atoms with van der Waals surface area (Å²) in [5.41, 5.74) is 0. The van der Waals surface area contributed by atoms with E-state index in [4.69, 9.17) is 9.47 Å². The van der Waals surface area contributed by atoms with E-state index in [0.29, 0.717) is 22.5 Å². The highest BCUT2D eigenvalue weighted by atomic mass is 35.5. The fourth-order valence-corrected chi connectivity index (χ4v) is 1.96. The standard InChI is InChI=1S/C11H20N5O2.ClH/c1-15-5-7-16(2,8-6-15)9-12-10(17-3)14-11(13-9)18-4;/h5-8H2,1-4H3;1H/q+1;/p-1. The number of halogens is 1. The minimum absolute atomic E-state index is 0. The van der Waals surface area contributed by atoms with E-state index in [1.165, 1.54) is 0 Å². The molecule has 0 amide bonds. The van der Waals surface area contributed by atoms with Crippen molar-refractivity contribution in [2.75, 3.05) is 54.5 Å². The van der Waals surface area contributed by atoms with Crippen LogP contribution in [0.5, 0.6) is 12.0 Å². The molecule has 108 valence electrons. The number of piperazine rings is 1. The normalized spacial score (nSPS) is 18.5. The molecule has 0 N–H and O–H groups in total. The molecule has 0 aliphatic carbocycles. The first-order valence-electron chi connectivity index (χ1n) is 5.95. The van der Waals surface area contributed by atoms with E-state index in [1.54, 1.807) is 14.2 Å². The quantitative estimate of drug-likeness (QED) is 0.546. The van der Waals surface area contributed by atoms with E-state index in [0.717, 1.165) is 26.2 Å². The molecule has 0 radical (unpaired) electrons. The van der Waals surface area contributed by atoms with Crippen LogP contribution in [0, 0.1) is 0 Å². The molecule has 8 heteroatoms. The molecule has 0 spiro atoms. The number of rotatable bonds is 3. The Hall–Kier alpha value is -1.18. The second-order valence-corrected chi connectivity index (χ2v) is 4.76. The molecule has 7 nitrogen and oxygen atoms in total. The molecule has 1 aromatic heterocycles. The fourth-order valence-electron chi connectivity index (χ4n) is 1.96. The van der Waals surface area contributed by atoms with Gasteiger partial charge in [0.1, 0.15) is 0 Å². The summed E-state index contributed by atoms with van der Waals surface area (Å²) in [5, 5.41) is 0. The lowest BCUT2D eigenvalue weighted by Crippen LogP contribution is -3.00. The molecule has 2 rings (SSSR count). The third-order valence-electron chi connectivity index (χ3n) is 3.38. The first kappa shape index (κ1) is 15.9. The molecule has 0 aromatic carbocycles. The Morgan fingerprint density at radius 2 is 1.47 bits per heavy atom. The van der Waals surface area contributed by atoms with Crippen molar-refractivity contribution in [2.24, 2.45) is 0 Å². The molecule has 0 unspecified atom stereocenters. The van der Waals surface area contributed by atoms with Gasteiger partial charge in [-0.05, 0) is 7.05 Å². The first-order chi connectivity index (χ1) is 8.57. The molecule has 2 heterocycles. The van der Waals surface area contributed by atoms with Crippen molar-refractivity contribution in [1.29, 1.82) is 0 Å². The Kier molecular flexibility index (Phi) is 5.28. The Labute approximate surface area is 119 Å². The van der Waals surface area contributed by atoms with Crippen LogP contribution >= 0.6 is 0 Å². The maximum absolute atomic E-state index is 5.09. The summed E-state index contributed by atoms with van der Waals surface area (Å²) in [6, 6.07) is 0.602. The number of quaternary nitrogens is 1. The Morgan fingerprint density at radius 1 is 1.00 bits per heavy atom. The van der Waals surface area contributed by atoms with Crippen molar-refractivity contribution in [3.8, 4) is 12.0 Å². The fraction of sp³-hybridized carbons (Fsp3) is 0.727. The minimum atomic E-state index is 0. The third kappa shape index (κ3) is 3.43. The monoisotopic (exact) mass is 289 g/mol. The van der Waals surface area contributed by atoms with Crippen molar-refractivity contribution in [1.82, 2.24) is 24.3 Å². The molecule has 0 bridgehead atoms. The first-order valence-corrected chi connectivity index (χ1v) is 5.95. The van der Waals surface area contributed by atoms with Gasteiger partial charge in [0, 0.05) is 13.1 Å². The van der Waals surface area contributed by atoms with Crippen LogP contribution in [0.2, 0.25) is 0 Å². The lowest BCUT2D eigenvalue weighted by atomic mass is 10.3. The van der Waals surface area contributed by atoms with Crippen LogP contribution in [0.3, 0.4) is 0 Å². The topological polar surface area (TPSA) is 60.4 Å². The largest absolute Gasteiger partial charge is 1.00 e. The van der Waals surface area contributed by atoms with E-state index in [2.05, 4.69) is 33.9 Å². The van der Waals surface area contributed by atoms with Gasteiger partial charge in [-0.25, -0.2) is 0 Å². The summed E-state index contributed by atoms with van der Waals surface area (Å²) in [7, 11) is 7.34. The van der Waals surface area contributed by atoms with Gasteiger partial charge in [0.15, 0.2) is 0 Å². The molecule has 1 saturated heterocycles. The van der Waals surface area contributed by atoms with Crippen LogP contribution in [-0.4, -0.2) is 74.3 Å².